The zero-order chi connectivity index (χ0) is 14.0. The van der Waals surface area contributed by atoms with Crippen molar-refractivity contribution in [3.63, 3.8) is 0 Å². The van der Waals surface area contributed by atoms with Gasteiger partial charge in [0.2, 0.25) is 0 Å². The van der Waals surface area contributed by atoms with E-state index in [2.05, 4.69) is 10.4 Å². The Morgan fingerprint density at radius 2 is 2.20 bits per heavy atom. The van der Waals surface area contributed by atoms with Crippen LogP contribution in [0.15, 0.2) is 0 Å². The molecule has 1 aliphatic heterocycles. The number of nitrogens with zero attached hydrogens (tertiary/aromatic N) is 2. The average molecular weight is 303 g/mol. The lowest BCUT2D eigenvalue weighted by Crippen LogP contribution is -2.30. The smallest absolute Gasteiger partial charge is 0.253 e. The highest BCUT2D eigenvalue weighted by molar-refractivity contribution is 5.95. The van der Waals surface area contributed by atoms with Crippen molar-refractivity contribution < 1.29 is 9.53 Å². The number of aromatic nitrogens is 2. The average Bonchev–Trinajstić information content (AvgIpc) is 2.98. The highest BCUT2D eigenvalue weighted by Crippen LogP contribution is 2.23. The zero-order valence-corrected chi connectivity index (χ0v) is 13.0. The Bertz CT molecular complexity index is 475. The van der Waals surface area contributed by atoms with Gasteiger partial charge < -0.3 is 15.8 Å². The Labute approximate surface area is 125 Å². The maximum atomic E-state index is 12.2. The van der Waals surface area contributed by atoms with Crippen LogP contribution in [0, 0.1) is 13.8 Å². The lowest BCUT2D eigenvalue weighted by Gasteiger charge is -2.13. The normalized spacial score (nSPS) is 21.6. The summed E-state index contributed by atoms with van der Waals surface area (Å²) >= 11 is 0. The third kappa shape index (κ3) is 3.31. The van der Waals surface area contributed by atoms with Crippen molar-refractivity contribution in [1.29, 1.82) is 0 Å². The summed E-state index contributed by atoms with van der Waals surface area (Å²) in [5, 5.41) is 7.31. The van der Waals surface area contributed by atoms with Crippen molar-refractivity contribution in [2.75, 3.05) is 11.9 Å². The van der Waals surface area contributed by atoms with E-state index in [4.69, 9.17) is 10.5 Å². The number of carbonyl (C=O) groups is 1. The van der Waals surface area contributed by atoms with Crippen LogP contribution in [0.5, 0.6) is 0 Å². The fourth-order valence-corrected chi connectivity index (χ4v) is 2.46. The molecule has 1 saturated heterocycles. The fourth-order valence-electron chi connectivity index (χ4n) is 2.46. The van der Waals surface area contributed by atoms with Gasteiger partial charge in [-0.3, -0.25) is 9.48 Å². The van der Waals surface area contributed by atoms with Crippen molar-refractivity contribution in [1.82, 2.24) is 9.78 Å². The standard InChI is InChI=1S/C13H22N4O2.ClH/c1-4-17-9(3)12(8(2)16-17)15-13(18)11-6-5-10(7-14)19-11;/h10-11H,4-7,14H2,1-3H3,(H,15,18);1H/t10-,11+;/m1./s1. The Morgan fingerprint density at radius 3 is 2.70 bits per heavy atom. The number of nitrogens with two attached hydrogens (primary N) is 1. The Balaban J connectivity index is 0.00000200. The van der Waals surface area contributed by atoms with Crippen LogP contribution >= 0.6 is 12.4 Å². The molecular weight excluding hydrogens is 280 g/mol. The second-order valence-electron chi connectivity index (χ2n) is 4.91. The third-order valence-electron chi connectivity index (χ3n) is 3.59. The molecule has 1 amide bonds. The molecule has 20 heavy (non-hydrogen) atoms. The van der Waals surface area contributed by atoms with E-state index >= 15 is 0 Å². The molecule has 0 unspecified atom stereocenters. The molecule has 2 atom stereocenters. The van der Waals surface area contributed by atoms with Gasteiger partial charge in [-0.15, -0.1) is 12.4 Å². The molecule has 0 bridgehead atoms. The summed E-state index contributed by atoms with van der Waals surface area (Å²) in [5.74, 6) is -0.0993. The largest absolute Gasteiger partial charge is 0.364 e. The van der Waals surface area contributed by atoms with Gasteiger partial charge in [0, 0.05) is 13.1 Å². The van der Waals surface area contributed by atoms with Gasteiger partial charge in [-0.05, 0) is 33.6 Å². The van der Waals surface area contributed by atoms with Gasteiger partial charge in [0.15, 0.2) is 0 Å². The number of hydrogen-bond acceptors (Lipinski definition) is 4. The molecule has 2 heterocycles. The quantitative estimate of drug-likeness (QED) is 0.880. The summed E-state index contributed by atoms with van der Waals surface area (Å²) in [7, 11) is 0. The van der Waals surface area contributed by atoms with Crippen molar-refractivity contribution in [2.24, 2.45) is 5.73 Å². The van der Waals surface area contributed by atoms with Crippen LogP contribution in [0.2, 0.25) is 0 Å². The number of halogens is 1. The van der Waals surface area contributed by atoms with E-state index in [9.17, 15) is 4.79 Å². The van der Waals surface area contributed by atoms with Crippen LogP contribution in [0.3, 0.4) is 0 Å². The Kier molecular flexibility index (Phi) is 5.98. The minimum atomic E-state index is -0.391. The van der Waals surface area contributed by atoms with E-state index in [0.29, 0.717) is 6.54 Å². The Hall–Kier alpha value is -1.11. The molecule has 1 aromatic rings. The topological polar surface area (TPSA) is 82.2 Å². The number of rotatable bonds is 4. The van der Waals surface area contributed by atoms with E-state index in [0.717, 1.165) is 36.5 Å². The second kappa shape index (κ2) is 7.06. The first kappa shape index (κ1) is 16.9. The number of amides is 1. The number of nitrogens with one attached hydrogen (secondary N) is 1. The number of hydrogen-bond donors (Lipinski definition) is 2. The third-order valence-corrected chi connectivity index (χ3v) is 3.59. The molecule has 1 aliphatic rings. The first-order valence-corrected chi connectivity index (χ1v) is 6.77. The predicted molar refractivity (Wildman–Crippen MR) is 80.2 cm³/mol. The summed E-state index contributed by atoms with van der Waals surface area (Å²) in [5.41, 5.74) is 8.15. The number of aryl methyl sites for hydroxylation is 2. The van der Waals surface area contributed by atoms with Crippen LogP contribution in [-0.2, 0) is 16.1 Å². The Morgan fingerprint density at radius 1 is 1.50 bits per heavy atom. The van der Waals surface area contributed by atoms with Gasteiger partial charge in [0.05, 0.1) is 23.2 Å². The van der Waals surface area contributed by atoms with Crippen molar-refractivity contribution >= 4 is 24.0 Å². The SMILES string of the molecule is CCn1nc(C)c(NC(=O)[C@@H]2CC[C@H](CN)O2)c1C.Cl. The van der Waals surface area contributed by atoms with E-state index < -0.39 is 6.10 Å². The monoisotopic (exact) mass is 302 g/mol. The van der Waals surface area contributed by atoms with E-state index in [1.165, 1.54) is 0 Å². The van der Waals surface area contributed by atoms with Crippen LogP contribution in [-0.4, -0.2) is 34.4 Å². The van der Waals surface area contributed by atoms with Crippen LogP contribution < -0.4 is 11.1 Å². The molecule has 114 valence electrons. The van der Waals surface area contributed by atoms with E-state index in [1.807, 2.05) is 25.5 Å². The summed E-state index contributed by atoms with van der Waals surface area (Å²) < 4.78 is 7.47. The molecule has 3 N–H and O–H groups in total. The highest BCUT2D eigenvalue weighted by atomic mass is 35.5. The summed E-state index contributed by atoms with van der Waals surface area (Å²) in [6.07, 6.45) is 1.20. The highest BCUT2D eigenvalue weighted by Gasteiger charge is 2.30. The number of anilines is 1. The number of carbonyl (C=O) groups excluding carboxylic acids is 1. The van der Waals surface area contributed by atoms with Gasteiger partial charge in [0.1, 0.15) is 6.10 Å². The van der Waals surface area contributed by atoms with Gasteiger partial charge in [-0.1, -0.05) is 0 Å². The van der Waals surface area contributed by atoms with Gasteiger partial charge in [0.25, 0.3) is 5.91 Å². The molecule has 0 spiro atoms. The fraction of sp³-hybridized carbons (Fsp3) is 0.692. The predicted octanol–water partition coefficient (Wildman–Crippen LogP) is 1.39. The molecule has 0 saturated carbocycles. The summed E-state index contributed by atoms with van der Waals surface area (Å²) in [6, 6.07) is 0. The van der Waals surface area contributed by atoms with Crippen molar-refractivity contribution in [2.45, 2.75) is 52.4 Å². The van der Waals surface area contributed by atoms with Gasteiger partial charge >= 0.3 is 0 Å². The molecule has 0 radical (unpaired) electrons. The first-order chi connectivity index (χ1) is 9.06. The van der Waals surface area contributed by atoms with E-state index in [1.54, 1.807) is 0 Å². The van der Waals surface area contributed by atoms with Crippen molar-refractivity contribution in [3.05, 3.63) is 11.4 Å². The lowest BCUT2D eigenvalue weighted by molar-refractivity contribution is -0.126. The molecule has 6 nitrogen and oxygen atoms in total. The minimum absolute atomic E-state index is 0. The maximum absolute atomic E-state index is 12.2. The zero-order valence-electron chi connectivity index (χ0n) is 12.2. The minimum Gasteiger partial charge on any atom is -0.364 e. The van der Waals surface area contributed by atoms with Crippen LogP contribution in [0.4, 0.5) is 5.69 Å². The van der Waals surface area contributed by atoms with Crippen molar-refractivity contribution in [3.8, 4) is 0 Å². The molecule has 0 aliphatic carbocycles. The lowest BCUT2D eigenvalue weighted by atomic mass is 10.2. The summed E-state index contributed by atoms with van der Waals surface area (Å²) in [6.45, 7) is 7.13. The second-order valence-corrected chi connectivity index (χ2v) is 4.91. The van der Waals surface area contributed by atoms with Gasteiger partial charge in [-0.2, -0.15) is 5.10 Å². The molecule has 0 aromatic carbocycles. The molecule has 2 rings (SSSR count). The number of ether oxygens (including phenoxy) is 1. The van der Waals surface area contributed by atoms with Crippen LogP contribution in [0.1, 0.15) is 31.2 Å². The molecule has 1 aromatic heterocycles. The van der Waals surface area contributed by atoms with Crippen LogP contribution in [0.25, 0.3) is 0 Å². The molecule has 1 fully saturated rings. The maximum Gasteiger partial charge on any atom is 0.253 e. The first-order valence-electron chi connectivity index (χ1n) is 6.77. The van der Waals surface area contributed by atoms with Gasteiger partial charge in [-0.25, -0.2) is 0 Å². The summed E-state index contributed by atoms with van der Waals surface area (Å²) in [4.78, 5) is 12.2. The molecule has 7 heteroatoms. The molecular formula is C13H23ClN4O2. The van der Waals surface area contributed by atoms with E-state index in [-0.39, 0.29) is 24.4 Å².